The molecular formula is C10H13F2NO. The van der Waals surface area contributed by atoms with Gasteiger partial charge in [0.15, 0.2) is 17.4 Å². The van der Waals surface area contributed by atoms with E-state index in [1.165, 1.54) is 19.2 Å². The van der Waals surface area contributed by atoms with Gasteiger partial charge >= 0.3 is 0 Å². The summed E-state index contributed by atoms with van der Waals surface area (Å²) in [5.41, 5.74) is 5.78. The highest BCUT2D eigenvalue weighted by Gasteiger charge is 2.17. The number of methoxy groups -OCH3 is 1. The van der Waals surface area contributed by atoms with Crippen LogP contribution in [0.3, 0.4) is 0 Å². The van der Waals surface area contributed by atoms with E-state index in [-0.39, 0.29) is 11.7 Å². The topological polar surface area (TPSA) is 35.2 Å². The Morgan fingerprint density at radius 1 is 1.43 bits per heavy atom. The number of hydrogen-bond donors (Lipinski definition) is 1. The molecule has 0 bridgehead atoms. The third-order valence-electron chi connectivity index (χ3n) is 2.17. The summed E-state index contributed by atoms with van der Waals surface area (Å²) >= 11 is 0. The Labute approximate surface area is 81.7 Å². The number of nitrogens with two attached hydrogens (primary N) is 1. The van der Waals surface area contributed by atoms with Crippen molar-refractivity contribution in [3.05, 3.63) is 29.3 Å². The molecule has 0 spiro atoms. The Morgan fingerprint density at radius 3 is 2.57 bits per heavy atom. The van der Waals surface area contributed by atoms with Crippen LogP contribution in [0.2, 0.25) is 0 Å². The zero-order valence-electron chi connectivity index (χ0n) is 8.18. The third-order valence-corrected chi connectivity index (χ3v) is 2.17. The molecule has 78 valence electrons. The lowest BCUT2D eigenvalue weighted by Crippen LogP contribution is -2.11. The van der Waals surface area contributed by atoms with Crippen LogP contribution < -0.4 is 10.5 Å². The molecule has 1 unspecified atom stereocenters. The van der Waals surface area contributed by atoms with Crippen LogP contribution in [0.1, 0.15) is 18.4 Å². The van der Waals surface area contributed by atoms with Crippen molar-refractivity contribution in [2.75, 3.05) is 13.7 Å². The van der Waals surface area contributed by atoms with E-state index < -0.39 is 11.6 Å². The smallest absolute Gasteiger partial charge is 0.190 e. The Kier molecular flexibility index (Phi) is 3.41. The summed E-state index contributed by atoms with van der Waals surface area (Å²) in [7, 11) is 1.23. The highest BCUT2D eigenvalue weighted by Crippen LogP contribution is 2.28. The molecule has 0 fully saturated rings. The van der Waals surface area contributed by atoms with Gasteiger partial charge in [0.05, 0.1) is 7.11 Å². The molecule has 0 radical (unpaired) electrons. The molecule has 1 rings (SSSR count). The van der Waals surface area contributed by atoms with E-state index in [1.54, 1.807) is 6.92 Å². The molecule has 0 saturated carbocycles. The minimum absolute atomic E-state index is 0.149. The van der Waals surface area contributed by atoms with Gasteiger partial charge in [-0.2, -0.15) is 0 Å². The molecule has 14 heavy (non-hydrogen) atoms. The van der Waals surface area contributed by atoms with E-state index in [2.05, 4.69) is 4.74 Å². The second-order valence-electron chi connectivity index (χ2n) is 3.12. The molecule has 0 aliphatic heterocycles. The number of benzene rings is 1. The Morgan fingerprint density at radius 2 is 2.07 bits per heavy atom. The first kappa shape index (κ1) is 10.9. The van der Waals surface area contributed by atoms with Crippen molar-refractivity contribution in [3.8, 4) is 5.75 Å². The van der Waals surface area contributed by atoms with Gasteiger partial charge in [-0.1, -0.05) is 13.0 Å². The Balaban J connectivity index is 3.21. The number of hydrogen-bond acceptors (Lipinski definition) is 2. The van der Waals surface area contributed by atoms with Crippen LogP contribution in [0.5, 0.6) is 5.75 Å². The highest BCUT2D eigenvalue weighted by molar-refractivity contribution is 5.34. The lowest BCUT2D eigenvalue weighted by Gasteiger charge is -2.12. The maximum Gasteiger partial charge on any atom is 0.190 e. The van der Waals surface area contributed by atoms with Crippen LogP contribution in [-0.4, -0.2) is 13.7 Å². The van der Waals surface area contributed by atoms with E-state index in [9.17, 15) is 8.78 Å². The molecule has 2 N–H and O–H groups in total. The summed E-state index contributed by atoms with van der Waals surface area (Å²) in [6, 6.07) is 2.58. The quantitative estimate of drug-likeness (QED) is 0.812. The fraction of sp³-hybridized carbons (Fsp3) is 0.400. The second kappa shape index (κ2) is 4.37. The first-order chi connectivity index (χ1) is 6.61. The second-order valence-corrected chi connectivity index (χ2v) is 3.12. The van der Waals surface area contributed by atoms with E-state index in [1.807, 2.05) is 0 Å². The fourth-order valence-electron chi connectivity index (χ4n) is 1.24. The van der Waals surface area contributed by atoms with Gasteiger partial charge in [-0.25, -0.2) is 8.78 Å². The molecule has 1 aromatic carbocycles. The van der Waals surface area contributed by atoms with E-state index >= 15 is 0 Å². The van der Waals surface area contributed by atoms with Crippen molar-refractivity contribution >= 4 is 0 Å². The summed E-state index contributed by atoms with van der Waals surface area (Å²) in [6.07, 6.45) is 0. The first-order valence-corrected chi connectivity index (χ1v) is 4.33. The molecular weight excluding hydrogens is 188 g/mol. The van der Waals surface area contributed by atoms with Crippen LogP contribution in [0.15, 0.2) is 12.1 Å². The van der Waals surface area contributed by atoms with Crippen LogP contribution in [0, 0.1) is 11.6 Å². The molecule has 0 aliphatic rings. The van der Waals surface area contributed by atoms with Gasteiger partial charge in [-0.05, 0) is 24.1 Å². The summed E-state index contributed by atoms with van der Waals surface area (Å²) in [6.45, 7) is 2.08. The lowest BCUT2D eigenvalue weighted by atomic mass is 10.0. The van der Waals surface area contributed by atoms with Gasteiger partial charge in [0.2, 0.25) is 0 Å². The van der Waals surface area contributed by atoms with E-state index in [0.717, 1.165) is 0 Å². The zero-order valence-corrected chi connectivity index (χ0v) is 8.18. The summed E-state index contributed by atoms with van der Waals surface area (Å²) in [4.78, 5) is 0. The first-order valence-electron chi connectivity index (χ1n) is 4.33. The van der Waals surface area contributed by atoms with Gasteiger partial charge in [0.1, 0.15) is 0 Å². The largest absolute Gasteiger partial charge is 0.491 e. The van der Waals surface area contributed by atoms with Crippen LogP contribution in [-0.2, 0) is 0 Å². The van der Waals surface area contributed by atoms with Gasteiger partial charge < -0.3 is 10.5 Å². The van der Waals surface area contributed by atoms with Gasteiger partial charge in [-0.15, -0.1) is 0 Å². The van der Waals surface area contributed by atoms with Gasteiger partial charge in [-0.3, -0.25) is 0 Å². The monoisotopic (exact) mass is 201 g/mol. The molecule has 0 amide bonds. The maximum absolute atomic E-state index is 13.6. The molecule has 2 nitrogen and oxygen atoms in total. The van der Waals surface area contributed by atoms with Crippen molar-refractivity contribution in [1.29, 1.82) is 0 Å². The SMILES string of the molecule is COc1c(F)ccc(C(C)CN)c1F. The molecule has 1 atom stereocenters. The van der Waals surface area contributed by atoms with Crippen molar-refractivity contribution in [2.45, 2.75) is 12.8 Å². The number of ether oxygens (including phenoxy) is 1. The minimum atomic E-state index is -0.696. The average Bonchev–Trinajstić information content (AvgIpc) is 2.18. The van der Waals surface area contributed by atoms with Gasteiger partial charge in [0.25, 0.3) is 0 Å². The maximum atomic E-state index is 13.6. The molecule has 0 heterocycles. The highest BCUT2D eigenvalue weighted by atomic mass is 19.1. The normalized spacial score (nSPS) is 12.6. The molecule has 1 aromatic rings. The standard InChI is InChI=1S/C10H13F2NO/c1-6(5-13)7-3-4-8(11)10(14-2)9(7)12/h3-4,6H,5,13H2,1-2H3. The fourth-order valence-corrected chi connectivity index (χ4v) is 1.24. The summed E-state index contributed by atoms with van der Waals surface area (Å²) in [5.74, 6) is -1.85. The van der Waals surface area contributed by atoms with E-state index in [4.69, 9.17) is 5.73 Å². The number of halogens is 2. The lowest BCUT2D eigenvalue weighted by molar-refractivity contribution is 0.356. The van der Waals surface area contributed by atoms with Crippen LogP contribution >= 0.6 is 0 Å². The molecule has 4 heteroatoms. The minimum Gasteiger partial charge on any atom is -0.491 e. The Hall–Kier alpha value is -1.16. The summed E-state index contributed by atoms with van der Waals surface area (Å²) in [5, 5.41) is 0. The molecule has 0 saturated heterocycles. The van der Waals surface area contributed by atoms with Crippen molar-refractivity contribution in [2.24, 2.45) is 5.73 Å². The van der Waals surface area contributed by atoms with E-state index in [0.29, 0.717) is 12.1 Å². The van der Waals surface area contributed by atoms with Crippen molar-refractivity contribution < 1.29 is 13.5 Å². The number of rotatable bonds is 3. The zero-order chi connectivity index (χ0) is 10.7. The average molecular weight is 201 g/mol. The molecule has 0 aromatic heterocycles. The third kappa shape index (κ3) is 1.85. The predicted molar refractivity (Wildman–Crippen MR) is 50.4 cm³/mol. The van der Waals surface area contributed by atoms with Crippen LogP contribution in [0.4, 0.5) is 8.78 Å². The summed E-state index contributed by atoms with van der Waals surface area (Å²) < 4.78 is 31.2. The van der Waals surface area contributed by atoms with Gasteiger partial charge in [0, 0.05) is 0 Å². The molecule has 0 aliphatic carbocycles. The Bertz CT molecular complexity index is 328. The predicted octanol–water partition coefficient (Wildman–Crippen LogP) is 2.04. The van der Waals surface area contributed by atoms with Crippen molar-refractivity contribution in [3.63, 3.8) is 0 Å². The van der Waals surface area contributed by atoms with Crippen molar-refractivity contribution in [1.82, 2.24) is 0 Å². The van der Waals surface area contributed by atoms with Crippen LogP contribution in [0.25, 0.3) is 0 Å².